The minimum absolute atomic E-state index is 0.631. The Labute approximate surface area is 84.3 Å². The van der Waals surface area contributed by atoms with Gasteiger partial charge in [-0.25, -0.2) is 0 Å². The van der Waals surface area contributed by atoms with E-state index in [1.807, 2.05) is 0 Å². The van der Waals surface area contributed by atoms with Crippen molar-refractivity contribution in [1.29, 1.82) is 0 Å². The van der Waals surface area contributed by atoms with Gasteiger partial charge in [-0.2, -0.15) is 0 Å². The molecule has 0 fully saturated rings. The van der Waals surface area contributed by atoms with Crippen LogP contribution in [0.2, 0.25) is 0 Å². The topological polar surface area (TPSA) is 12.0 Å². The molecule has 0 rings (SSSR count). The third kappa shape index (κ3) is 7.06. The lowest BCUT2D eigenvalue weighted by Gasteiger charge is -2.20. The van der Waals surface area contributed by atoms with Gasteiger partial charge in [0.2, 0.25) is 0 Å². The first-order valence-electron chi connectivity index (χ1n) is 5.83. The average Bonchev–Trinajstić information content (AvgIpc) is 2.11. The first-order chi connectivity index (χ1) is 6.10. The van der Waals surface area contributed by atoms with E-state index < -0.39 is 0 Å². The van der Waals surface area contributed by atoms with E-state index in [-0.39, 0.29) is 0 Å². The largest absolute Gasteiger partial charge is 0.314 e. The van der Waals surface area contributed by atoms with Crippen molar-refractivity contribution < 1.29 is 0 Å². The van der Waals surface area contributed by atoms with Gasteiger partial charge >= 0.3 is 0 Å². The van der Waals surface area contributed by atoms with Crippen LogP contribution in [0.15, 0.2) is 0 Å². The Hall–Kier alpha value is -0.0400. The van der Waals surface area contributed by atoms with Crippen molar-refractivity contribution in [3.8, 4) is 0 Å². The fourth-order valence-electron chi connectivity index (χ4n) is 1.53. The maximum Gasteiger partial charge on any atom is 0.00104 e. The highest BCUT2D eigenvalue weighted by molar-refractivity contribution is 4.65. The summed E-state index contributed by atoms with van der Waals surface area (Å²) in [5.41, 5.74) is 0. The molecule has 2 atom stereocenters. The zero-order valence-corrected chi connectivity index (χ0v) is 10.1. The van der Waals surface area contributed by atoms with Crippen molar-refractivity contribution in [3.05, 3.63) is 0 Å². The maximum absolute atomic E-state index is 3.53. The second kappa shape index (κ2) is 7.37. The summed E-state index contributed by atoms with van der Waals surface area (Å²) in [7, 11) is 0. The van der Waals surface area contributed by atoms with Crippen molar-refractivity contribution in [2.75, 3.05) is 6.54 Å². The van der Waals surface area contributed by atoms with Gasteiger partial charge in [-0.05, 0) is 24.8 Å². The Morgan fingerprint density at radius 2 is 1.62 bits per heavy atom. The molecule has 80 valence electrons. The maximum atomic E-state index is 3.53. The van der Waals surface area contributed by atoms with Crippen LogP contribution >= 0.6 is 0 Å². The lowest BCUT2D eigenvalue weighted by molar-refractivity contribution is 0.348. The molecular weight excluding hydrogens is 158 g/mol. The summed E-state index contributed by atoms with van der Waals surface area (Å²) in [4.78, 5) is 0. The van der Waals surface area contributed by atoms with Crippen LogP contribution in [0.25, 0.3) is 0 Å². The molecule has 1 heteroatoms. The molecule has 0 saturated heterocycles. The minimum Gasteiger partial charge on any atom is -0.314 e. The van der Waals surface area contributed by atoms with E-state index in [2.05, 4.69) is 39.9 Å². The highest BCUT2D eigenvalue weighted by Gasteiger charge is 2.10. The average molecular weight is 185 g/mol. The predicted molar refractivity (Wildman–Crippen MR) is 61.0 cm³/mol. The van der Waals surface area contributed by atoms with Crippen LogP contribution < -0.4 is 5.32 Å². The third-order valence-corrected chi connectivity index (χ3v) is 2.82. The Morgan fingerprint density at radius 3 is 2.00 bits per heavy atom. The van der Waals surface area contributed by atoms with Crippen LogP contribution in [-0.4, -0.2) is 12.6 Å². The molecule has 1 N–H and O–H groups in total. The van der Waals surface area contributed by atoms with E-state index in [4.69, 9.17) is 0 Å². The molecule has 0 aromatic heterocycles. The standard InChI is InChI=1S/C12H27N/c1-6-11(5)8-12(7-2)9-13-10(3)4/h10-13H,6-9H2,1-5H3. The molecule has 0 aliphatic heterocycles. The van der Waals surface area contributed by atoms with Gasteiger partial charge in [0.25, 0.3) is 0 Å². The molecule has 0 amide bonds. The molecule has 13 heavy (non-hydrogen) atoms. The molecule has 0 aromatic carbocycles. The van der Waals surface area contributed by atoms with Gasteiger partial charge in [-0.3, -0.25) is 0 Å². The van der Waals surface area contributed by atoms with Gasteiger partial charge in [-0.15, -0.1) is 0 Å². The smallest absolute Gasteiger partial charge is 0.00104 e. The van der Waals surface area contributed by atoms with E-state index in [1.54, 1.807) is 0 Å². The third-order valence-electron chi connectivity index (χ3n) is 2.82. The Balaban J connectivity index is 3.62. The van der Waals surface area contributed by atoms with Gasteiger partial charge in [0.15, 0.2) is 0 Å². The fourth-order valence-corrected chi connectivity index (χ4v) is 1.53. The Bertz CT molecular complexity index is 110. The lowest BCUT2D eigenvalue weighted by atomic mass is 9.92. The van der Waals surface area contributed by atoms with Gasteiger partial charge in [0, 0.05) is 6.04 Å². The monoisotopic (exact) mass is 185 g/mol. The van der Waals surface area contributed by atoms with Crippen LogP contribution in [0.1, 0.15) is 53.9 Å². The molecule has 0 heterocycles. The van der Waals surface area contributed by atoms with E-state index >= 15 is 0 Å². The summed E-state index contributed by atoms with van der Waals surface area (Å²) in [5, 5.41) is 3.53. The molecule has 0 aliphatic rings. The number of hydrogen-bond donors (Lipinski definition) is 1. The van der Waals surface area contributed by atoms with Crippen molar-refractivity contribution in [2.24, 2.45) is 11.8 Å². The SMILES string of the molecule is CCC(C)CC(CC)CNC(C)C. The van der Waals surface area contributed by atoms with E-state index in [0.717, 1.165) is 11.8 Å². The molecule has 0 aliphatic carbocycles. The zero-order chi connectivity index (χ0) is 10.3. The van der Waals surface area contributed by atoms with Gasteiger partial charge in [-0.1, -0.05) is 47.5 Å². The van der Waals surface area contributed by atoms with Crippen LogP contribution in [0.5, 0.6) is 0 Å². The van der Waals surface area contributed by atoms with E-state index in [9.17, 15) is 0 Å². The molecule has 0 bridgehead atoms. The Kier molecular flexibility index (Phi) is 7.35. The lowest BCUT2D eigenvalue weighted by Crippen LogP contribution is -2.29. The summed E-state index contributed by atoms with van der Waals surface area (Å²) < 4.78 is 0. The molecule has 1 nitrogen and oxygen atoms in total. The second-order valence-corrected chi connectivity index (χ2v) is 4.59. The number of nitrogens with one attached hydrogen (secondary N) is 1. The highest BCUT2D eigenvalue weighted by Crippen LogP contribution is 2.17. The first kappa shape index (κ1) is 13.0. The van der Waals surface area contributed by atoms with Gasteiger partial charge in [0.05, 0.1) is 0 Å². The first-order valence-corrected chi connectivity index (χ1v) is 5.83. The van der Waals surface area contributed by atoms with E-state index in [1.165, 1.54) is 25.8 Å². The molecule has 2 unspecified atom stereocenters. The molecule has 0 radical (unpaired) electrons. The number of hydrogen-bond acceptors (Lipinski definition) is 1. The van der Waals surface area contributed by atoms with Gasteiger partial charge < -0.3 is 5.32 Å². The van der Waals surface area contributed by atoms with Crippen molar-refractivity contribution in [1.82, 2.24) is 5.32 Å². The molecule has 0 spiro atoms. The van der Waals surface area contributed by atoms with Crippen LogP contribution in [0.4, 0.5) is 0 Å². The quantitative estimate of drug-likeness (QED) is 0.640. The fraction of sp³-hybridized carbons (Fsp3) is 1.00. The van der Waals surface area contributed by atoms with Crippen LogP contribution in [-0.2, 0) is 0 Å². The predicted octanol–water partition coefficient (Wildman–Crippen LogP) is 3.45. The van der Waals surface area contributed by atoms with E-state index in [0.29, 0.717) is 6.04 Å². The normalized spacial score (nSPS) is 16.2. The van der Waals surface area contributed by atoms with Gasteiger partial charge in [0.1, 0.15) is 0 Å². The summed E-state index contributed by atoms with van der Waals surface area (Å²) in [6.45, 7) is 12.6. The van der Waals surface area contributed by atoms with Crippen LogP contribution in [0.3, 0.4) is 0 Å². The Morgan fingerprint density at radius 1 is 1.00 bits per heavy atom. The summed E-state index contributed by atoms with van der Waals surface area (Å²) in [6.07, 6.45) is 4.01. The molecular formula is C12H27N. The van der Waals surface area contributed by atoms with Crippen molar-refractivity contribution in [3.63, 3.8) is 0 Å². The molecule has 0 saturated carbocycles. The summed E-state index contributed by atoms with van der Waals surface area (Å²) in [5.74, 6) is 1.76. The number of rotatable bonds is 7. The van der Waals surface area contributed by atoms with Crippen LogP contribution in [0, 0.1) is 11.8 Å². The molecule has 0 aromatic rings. The summed E-state index contributed by atoms with van der Waals surface area (Å²) in [6, 6.07) is 0.631. The van der Waals surface area contributed by atoms with Crippen molar-refractivity contribution >= 4 is 0 Å². The zero-order valence-electron chi connectivity index (χ0n) is 10.1. The second-order valence-electron chi connectivity index (χ2n) is 4.59. The minimum atomic E-state index is 0.631. The summed E-state index contributed by atoms with van der Waals surface area (Å²) >= 11 is 0. The van der Waals surface area contributed by atoms with Crippen molar-refractivity contribution in [2.45, 2.75) is 59.9 Å². The highest BCUT2D eigenvalue weighted by atomic mass is 14.9.